The summed E-state index contributed by atoms with van der Waals surface area (Å²) < 4.78 is 4.89. The minimum Gasteiger partial charge on any atom is -0.469 e. The molecule has 0 bridgehead atoms. The molecule has 3 heteroatoms. The van der Waals surface area contributed by atoms with Crippen molar-refractivity contribution in [3.05, 3.63) is 0 Å². The lowest BCUT2D eigenvalue weighted by Gasteiger charge is -2.23. The largest absolute Gasteiger partial charge is 0.469 e. The van der Waals surface area contributed by atoms with E-state index in [2.05, 4.69) is 20.8 Å². The van der Waals surface area contributed by atoms with Gasteiger partial charge in [0.1, 0.15) is 0 Å². The predicted molar refractivity (Wildman–Crippen MR) is 92.8 cm³/mol. The number of aliphatic hydroxyl groups excluding tert-OH is 1. The molecule has 1 N–H and O–H groups in total. The zero-order chi connectivity index (χ0) is 16.8. The average molecular weight is 315 g/mol. The molecule has 0 fully saturated rings. The van der Waals surface area contributed by atoms with E-state index < -0.39 is 6.10 Å². The van der Waals surface area contributed by atoms with Gasteiger partial charge in [-0.25, -0.2) is 0 Å². The molecule has 0 aliphatic carbocycles. The number of hydrogen-bond donors (Lipinski definition) is 1. The molecule has 132 valence electrons. The van der Waals surface area contributed by atoms with Crippen LogP contribution in [0.1, 0.15) is 91.4 Å². The SMILES string of the molecule is CCCCCCC(C)CC(O)C(CCCCCC)C(=O)OC. The highest BCUT2D eigenvalue weighted by Crippen LogP contribution is 2.24. The Balaban J connectivity index is 4.19. The number of rotatable bonds is 14. The Kier molecular flexibility index (Phi) is 13.7. The van der Waals surface area contributed by atoms with E-state index in [0.29, 0.717) is 12.3 Å². The van der Waals surface area contributed by atoms with Crippen LogP contribution in [0.15, 0.2) is 0 Å². The smallest absolute Gasteiger partial charge is 0.311 e. The van der Waals surface area contributed by atoms with E-state index in [9.17, 15) is 9.90 Å². The molecular formula is C19H38O3. The fraction of sp³-hybridized carbons (Fsp3) is 0.947. The monoisotopic (exact) mass is 314 g/mol. The Labute approximate surface area is 137 Å². The van der Waals surface area contributed by atoms with Crippen LogP contribution in [0.25, 0.3) is 0 Å². The van der Waals surface area contributed by atoms with Crippen LogP contribution in [0.5, 0.6) is 0 Å². The van der Waals surface area contributed by atoms with Gasteiger partial charge in [0.05, 0.1) is 19.1 Å². The number of carbonyl (C=O) groups excluding carboxylic acids is 1. The summed E-state index contributed by atoms with van der Waals surface area (Å²) in [5.41, 5.74) is 0. The quantitative estimate of drug-likeness (QED) is 0.358. The molecule has 3 unspecified atom stereocenters. The molecule has 0 spiro atoms. The normalized spacial score (nSPS) is 15.3. The first-order chi connectivity index (χ1) is 10.6. The van der Waals surface area contributed by atoms with E-state index in [4.69, 9.17) is 4.74 Å². The first-order valence-electron chi connectivity index (χ1n) is 9.32. The van der Waals surface area contributed by atoms with Gasteiger partial charge in [0, 0.05) is 0 Å². The number of aliphatic hydroxyl groups is 1. The topological polar surface area (TPSA) is 46.5 Å². The van der Waals surface area contributed by atoms with Gasteiger partial charge in [0.2, 0.25) is 0 Å². The first kappa shape index (κ1) is 21.4. The second-order valence-electron chi connectivity index (χ2n) is 6.74. The number of hydrogen-bond acceptors (Lipinski definition) is 3. The van der Waals surface area contributed by atoms with Crippen molar-refractivity contribution < 1.29 is 14.6 Å². The van der Waals surface area contributed by atoms with Gasteiger partial charge in [-0.2, -0.15) is 0 Å². The van der Waals surface area contributed by atoms with E-state index in [1.165, 1.54) is 45.6 Å². The van der Waals surface area contributed by atoms with Gasteiger partial charge < -0.3 is 9.84 Å². The van der Waals surface area contributed by atoms with Crippen molar-refractivity contribution in [2.75, 3.05) is 7.11 Å². The Morgan fingerprint density at radius 1 is 0.955 bits per heavy atom. The fourth-order valence-electron chi connectivity index (χ4n) is 3.02. The molecule has 3 nitrogen and oxygen atoms in total. The lowest BCUT2D eigenvalue weighted by atomic mass is 9.87. The molecule has 0 aromatic rings. The summed E-state index contributed by atoms with van der Waals surface area (Å²) in [6.45, 7) is 6.57. The highest BCUT2D eigenvalue weighted by atomic mass is 16.5. The van der Waals surface area contributed by atoms with Crippen molar-refractivity contribution >= 4 is 5.97 Å². The zero-order valence-corrected chi connectivity index (χ0v) is 15.3. The van der Waals surface area contributed by atoms with Crippen molar-refractivity contribution in [3.8, 4) is 0 Å². The minimum atomic E-state index is -0.560. The molecule has 0 rings (SSSR count). The van der Waals surface area contributed by atoms with E-state index in [0.717, 1.165) is 25.7 Å². The maximum atomic E-state index is 11.9. The van der Waals surface area contributed by atoms with Crippen molar-refractivity contribution in [2.24, 2.45) is 11.8 Å². The summed E-state index contributed by atoms with van der Waals surface area (Å²) in [7, 11) is 1.42. The Morgan fingerprint density at radius 3 is 2.00 bits per heavy atom. The standard InChI is InChI=1S/C19H38O3/c1-5-7-9-11-13-16(3)15-18(20)17(19(21)22-4)14-12-10-8-6-2/h16-18,20H,5-15H2,1-4H3. The maximum absolute atomic E-state index is 11.9. The van der Waals surface area contributed by atoms with Crippen LogP contribution in [-0.4, -0.2) is 24.3 Å². The van der Waals surface area contributed by atoms with Crippen molar-refractivity contribution in [3.63, 3.8) is 0 Å². The number of carbonyl (C=O) groups is 1. The summed E-state index contributed by atoms with van der Waals surface area (Å²) in [5.74, 6) is -0.128. The second-order valence-corrected chi connectivity index (χ2v) is 6.74. The zero-order valence-electron chi connectivity index (χ0n) is 15.3. The molecule has 0 aliphatic rings. The number of unbranched alkanes of at least 4 members (excludes halogenated alkanes) is 6. The van der Waals surface area contributed by atoms with Crippen LogP contribution in [0, 0.1) is 11.8 Å². The van der Waals surface area contributed by atoms with Crippen LogP contribution >= 0.6 is 0 Å². The third-order valence-corrected chi connectivity index (χ3v) is 4.53. The highest BCUT2D eigenvalue weighted by molar-refractivity contribution is 5.72. The maximum Gasteiger partial charge on any atom is 0.311 e. The second kappa shape index (κ2) is 14.0. The van der Waals surface area contributed by atoms with Crippen LogP contribution in [-0.2, 0) is 9.53 Å². The number of esters is 1. The van der Waals surface area contributed by atoms with Crippen molar-refractivity contribution in [2.45, 2.75) is 97.5 Å². The molecular weight excluding hydrogens is 276 g/mol. The molecule has 0 saturated heterocycles. The summed E-state index contributed by atoms with van der Waals surface area (Å²) in [4.78, 5) is 11.9. The molecule has 0 saturated carbocycles. The van der Waals surface area contributed by atoms with Crippen LogP contribution < -0.4 is 0 Å². The van der Waals surface area contributed by atoms with Gasteiger partial charge >= 0.3 is 5.97 Å². The Hall–Kier alpha value is -0.570. The lowest BCUT2D eigenvalue weighted by Crippen LogP contribution is -2.30. The molecule has 0 amide bonds. The van der Waals surface area contributed by atoms with E-state index in [-0.39, 0.29) is 11.9 Å². The molecule has 0 aromatic heterocycles. The first-order valence-corrected chi connectivity index (χ1v) is 9.32. The minimum absolute atomic E-state index is 0.248. The van der Waals surface area contributed by atoms with Gasteiger partial charge in [0.15, 0.2) is 0 Å². The summed E-state index contributed by atoms with van der Waals surface area (Å²) in [6.07, 6.45) is 11.6. The summed E-state index contributed by atoms with van der Waals surface area (Å²) in [5, 5.41) is 10.4. The van der Waals surface area contributed by atoms with E-state index >= 15 is 0 Å². The van der Waals surface area contributed by atoms with Crippen LogP contribution in [0.2, 0.25) is 0 Å². The Bertz CT molecular complexity index is 265. The molecule has 3 atom stereocenters. The van der Waals surface area contributed by atoms with Crippen LogP contribution in [0.4, 0.5) is 0 Å². The molecule has 22 heavy (non-hydrogen) atoms. The summed E-state index contributed by atoms with van der Waals surface area (Å²) >= 11 is 0. The van der Waals surface area contributed by atoms with Crippen molar-refractivity contribution in [1.29, 1.82) is 0 Å². The highest BCUT2D eigenvalue weighted by Gasteiger charge is 2.28. The average Bonchev–Trinajstić information content (AvgIpc) is 2.50. The van der Waals surface area contributed by atoms with Crippen molar-refractivity contribution in [1.82, 2.24) is 0 Å². The fourth-order valence-corrected chi connectivity index (χ4v) is 3.02. The summed E-state index contributed by atoms with van der Waals surface area (Å²) in [6, 6.07) is 0. The van der Waals surface area contributed by atoms with E-state index in [1.54, 1.807) is 0 Å². The van der Waals surface area contributed by atoms with E-state index in [1.807, 2.05) is 0 Å². The third-order valence-electron chi connectivity index (χ3n) is 4.53. The third kappa shape index (κ3) is 10.2. The number of ether oxygens (including phenoxy) is 1. The predicted octanol–water partition coefficient (Wildman–Crippen LogP) is 5.10. The Morgan fingerprint density at radius 2 is 1.50 bits per heavy atom. The molecule has 0 aromatic carbocycles. The van der Waals surface area contributed by atoms with Gasteiger partial charge in [-0.3, -0.25) is 4.79 Å². The molecule has 0 aliphatic heterocycles. The van der Waals surface area contributed by atoms with Gasteiger partial charge in [-0.15, -0.1) is 0 Å². The number of methoxy groups -OCH3 is 1. The lowest BCUT2D eigenvalue weighted by molar-refractivity contribution is -0.150. The van der Waals surface area contributed by atoms with Gasteiger partial charge in [0.25, 0.3) is 0 Å². The van der Waals surface area contributed by atoms with Gasteiger partial charge in [-0.1, -0.05) is 78.6 Å². The molecule has 0 radical (unpaired) electrons. The van der Waals surface area contributed by atoms with Crippen LogP contribution in [0.3, 0.4) is 0 Å². The van der Waals surface area contributed by atoms with Gasteiger partial charge in [-0.05, 0) is 18.8 Å². The molecule has 0 heterocycles.